The van der Waals surface area contributed by atoms with Gasteiger partial charge < -0.3 is 24.6 Å². The smallest absolute Gasteiger partial charge is 0.331 e. The van der Waals surface area contributed by atoms with Gasteiger partial charge in [0.05, 0.1) is 35.4 Å². The third kappa shape index (κ3) is 6.36. The molecule has 44 heavy (non-hydrogen) atoms. The van der Waals surface area contributed by atoms with Crippen molar-refractivity contribution >= 4 is 40.8 Å². The van der Waals surface area contributed by atoms with Gasteiger partial charge in [-0.15, -0.1) is 0 Å². The summed E-state index contributed by atoms with van der Waals surface area (Å²) in [5.41, 5.74) is 1.12. The molecule has 0 aliphatic carbocycles. The molecule has 1 saturated heterocycles. The van der Waals surface area contributed by atoms with Gasteiger partial charge in [0.15, 0.2) is 0 Å². The first-order valence-corrected chi connectivity index (χ1v) is 15.2. The van der Waals surface area contributed by atoms with Crippen LogP contribution in [0.3, 0.4) is 0 Å². The lowest BCUT2D eigenvalue weighted by Crippen LogP contribution is -2.51. The van der Waals surface area contributed by atoms with E-state index in [2.05, 4.69) is 5.32 Å². The fraction of sp³-hybridized carbons (Fsp3) is 0.419. The normalized spacial score (nSPS) is 16.2. The van der Waals surface area contributed by atoms with Gasteiger partial charge in [-0.25, -0.2) is 9.59 Å². The third-order valence-electron chi connectivity index (χ3n) is 8.28. The molecular formula is C31H35Cl2N5O6. The molecule has 0 unspecified atom stereocenters. The molecule has 13 heteroatoms. The number of aromatic nitrogens is 2. The molecule has 0 saturated carbocycles. The molecule has 2 aromatic carbocycles. The van der Waals surface area contributed by atoms with Crippen LogP contribution in [0.1, 0.15) is 31.4 Å². The molecule has 3 heterocycles. The van der Waals surface area contributed by atoms with Crippen molar-refractivity contribution in [3.8, 4) is 16.9 Å². The SMILES string of the molecule is COC[C@@H](C)n1c(=O)c(-c2cccc(Cl)c2Cl)cn(CC(=O)N2CCC(N3CCc4cc(OC)ccc4NC3=O)CC2)c1=O. The highest BCUT2D eigenvalue weighted by atomic mass is 35.5. The Bertz CT molecular complexity index is 1680. The van der Waals surface area contributed by atoms with Gasteiger partial charge in [-0.1, -0.05) is 35.3 Å². The second-order valence-corrected chi connectivity index (χ2v) is 11.8. The summed E-state index contributed by atoms with van der Waals surface area (Å²) in [4.78, 5) is 57.1. The van der Waals surface area contributed by atoms with Crippen LogP contribution in [0.5, 0.6) is 5.75 Å². The van der Waals surface area contributed by atoms with Crippen molar-refractivity contribution in [2.75, 3.05) is 45.8 Å². The van der Waals surface area contributed by atoms with Gasteiger partial charge in [0.25, 0.3) is 5.56 Å². The van der Waals surface area contributed by atoms with Crippen molar-refractivity contribution in [3.05, 3.63) is 79.0 Å². The number of anilines is 1. The van der Waals surface area contributed by atoms with Crippen LogP contribution in [-0.4, -0.2) is 77.4 Å². The first-order valence-electron chi connectivity index (χ1n) is 14.4. The number of amides is 3. The van der Waals surface area contributed by atoms with Gasteiger partial charge in [-0.2, -0.15) is 0 Å². The van der Waals surface area contributed by atoms with Crippen molar-refractivity contribution < 1.29 is 19.1 Å². The topological polar surface area (TPSA) is 115 Å². The van der Waals surface area contributed by atoms with E-state index >= 15 is 0 Å². The van der Waals surface area contributed by atoms with Crippen molar-refractivity contribution in [2.24, 2.45) is 0 Å². The van der Waals surface area contributed by atoms with Crippen molar-refractivity contribution in [2.45, 2.75) is 44.8 Å². The zero-order valence-electron chi connectivity index (χ0n) is 24.8. The zero-order chi connectivity index (χ0) is 31.5. The number of hydrogen-bond acceptors (Lipinski definition) is 6. The number of likely N-dealkylation sites (tertiary alicyclic amines) is 1. The number of piperidine rings is 1. The van der Waals surface area contributed by atoms with Crippen LogP contribution in [0.2, 0.25) is 10.0 Å². The van der Waals surface area contributed by atoms with E-state index in [0.717, 1.165) is 21.6 Å². The molecule has 1 atom stereocenters. The van der Waals surface area contributed by atoms with E-state index in [1.54, 1.807) is 37.1 Å². The van der Waals surface area contributed by atoms with Crippen LogP contribution in [-0.2, 0) is 22.5 Å². The predicted octanol–water partition coefficient (Wildman–Crippen LogP) is 4.28. The second-order valence-electron chi connectivity index (χ2n) is 11.0. The van der Waals surface area contributed by atoms with E-state index in [9.17, 15) is 19.2 Å². The minimum atomic E-state index is -0.623. The molecule has 11 nitrogen and oxygen atoms in total. The summed E-state index contributed by atoms with van der Waals surface area (Å²) in [6.45, 7) is 2.95. The van der Waals surface area contributed by atoms with Crippen molar-refractivity contribution in [1.82, 2.24) is 18.9 Å². The first-order chi connectivity index (χ1) is 21.1. The van der Waals surface area contributed by atoms with Gasteiger partial charge in [-0.3, -0.25) is 18.7 Å². The molecule has 1 N–H and O–H groups in total. The summed E-state index contributed by atoms with van der Waals surface area (Å²) in [5.74, 6) is 0.474. The molecule has 2 aliphatic heterocycles. The van der Waals surface area contributed by atoms with E-state index in [4.69, 9.17) is 32.7 Å². The summed E-state index contributed by atoms with van der Waals surface area (Å²) in [7, 11) is 3.09. The van der Waals surface area contributed by atoms with E-state index < -0.39 is 17.3 Å². The first kappa shape index (κ1) is 31.6. The number of urea groups is 1. The Morgan fingerprint density at radius 2 is 1.80 bits per heavy atom. The Labute approximate surface area is 264 Å². The Kier molecular flexibility index (Phi) is 9.67. The fourth-order valence-electron chi connectivity index (χ4n) is 5.91. The van der Waals surface area contributed by atoms with Crippen molar-refractivity contribution in [3.63, 3.8) is 0 Å². The van der Waals surface area contributed by atoms with Gasteiger partial charge in [-0.05, 0) is 56.0 Å². The van der Waals surface area contributed by atoms with E-state index in [0.29, 0.717) is 44.5 Å². The molecule has 0 radical (unpaired) electrons. The van der Waals surface area contributed by atoms with Crippen molar-refractivity contribution in [1.29, 1.82) is 0 Å². The molecular weight excluding hydrogens is 609 g/mol. The summed E-state index contributed by atoms with van der Waals surface area (Å²) < 4.78 is 12.9. The van der Waals surface area contributed by atoms with Gasteiger partial charge in [0.2, 0.25) is 5.91 Å². The van der Waals surface area contributed by atoms with Gasteiger partial charge in [0.1, 0.15) is 12.3 Å². The molecule has 0 bridgehead atoms. The number of carbonyl (C=O) groups is 2. The largest absolute Gasteiger partial charge is 0.497 e. The Balaban J connectivity index is 1.32. The number of ether oxygens (including phenoxy) is 2. The average Bonchev–Trinajstić information content (AvgIpc) is 3.17. The minimum Gasteiger partial charge on any atom is -0.497 e. The summed E-state index contributed by atoms with van der Waals surface area (Å²) in [6, 6.07) is 9.73. The molecule has 0 spiro atoms. The maximum Gasteiger partial charge on any atom is 0.331 e. The number of fused-ring (bicyclic) bond motifs is 1. The van der Waals surface area contributed by atoms with E-state index in [1.165, 1.54) is 17.9 Å². The highest BCUT2D eigenvalue weighted by Gasteiger charge is 2.32. The van der Waals surface area contributed by atoms with Gasteiger partial charge in [0, 0.05) is 50.2 Å². The molecule has 2 aliphatic rings. The summed E-state index contributed by atoms with van der Waals surface area (Å²) >= 11 is 12.7. The summed E-state index contributed by atoms with van der Waals surface area (Å²) in [6.07, 6.45) is 3.25. The number of methoxy groups -OCH3 is 2. The lowest BCUT2D eigenvalue weighted by atomic mass is 10.0. The van der Waals surface area contributed by atoms with Crippen LogP contribution >= 0.6 is 23.2 Å². The Morgan fingerprint density at radius 1 is 1.05 bits per heavy atom. The predicted molar refractivity (Wildman–Crippen MR) is 169 cm³/mol. The number of nitrogens with one attached hydrogen (secondary N) is 1. The maximum atomic E-state index is 13.5. The number of carbonyl (C=O) groups excluding carboxylic acids is 2. The highest BCUT2D eigenvalue weighted by Crippen LogP contribution is 2.32. The third-order valence-corrected chi connectivity index (χ3v) is 9.10. The average molecular weight is 645 g/mol. The molecule has 234 valence electrons. The monoisotopic (exact) mass is 643 g/mol. The number of hydrogen-bond donors (Lipinski definition) is 1. The number of halogens is 2. The molecule has 5 rings (SSSR count). The molecule has 3 amide bonds. The van der Waals surface area contributed by atoms with Crippen LogP contribution in [0.4, 0.5) is 10.5 Å². The van der Waals surface area contributed by atoms with Crippen LogP contribution in [0.15, 0.2) is 52.2 Å². The molecule has 1 aromatic heterocycles. The number of rotatable bonds is 8. The molecule has 1 fully saturated rings. The van der Waals surface area contributed by atoms with E-state index in [-0.39, 0.29) is 46.7 Å². The van der Waals surface area contributed by atoms with Crippen LogP contribution in [0, 0.1) is 0 Å². The van der Waals surface area contributed by atoms with Crippen LogP contribution < -0.4 is 21.3 Å². The minimum absolute atomic E-state index is 0.0358. The zero-order valence-corrected chi connectivity index (χ0v) is 26.4. The highest BCUT2D eigenvalue weighted by molar-refractivity contribution is 6.43. The standard InChI is InChI=1S/C31H35Cl2N5O6/c1-19(18-43-2)38-29(40)24(23-5-4-6-25(32)28(23)33)16-36(31(38)42)17-27(39)35-12-10-21(11-13-35)37-14-9-20-15-22(44-3)7-8-26(20)34-30(37)41/h4-8,15-16,19,21H,9-14,17-18H2,1-3H3,(H,34,41)/t19-/m1/s1. The lowest BCUT2D eigenvalue weighted by molar-refractivity contribution is -0.133. The number of benzene rings is 2. The second kappa shape index (κ2) is 13.5. The van der Waals surface area contributed by atoms with E-state index in [1.807, 2.05) is 23.1 Å². The summed E-state index contributed by atoms with van der Waals surface area (Å²) in [5, 5.41) is 3.45. The van der Waals surface area contributed by atoms with Gasteiger partial charge >= 0.3 is 11.7 Å². The quantitative estimate of drug-likeness (QED) is 0.392. The Hall–Kier alpha value is -3.80. The maximum absolute atomic E-state index is 13.5. The fourth-order valence-corrected chi connectivity index (χ4v) is 6.31. The lowest BCUT2D eigenvalue weighted by Gasteiger charge is -2.38. The number of nitrogens with zero attached hydrogens (tertiary/aromatic N) is 4. The molecule has 3 aromatic rings. The Morgan fingerprint density at radius 3 is 2.50 bits per heavy atom. The van der Waals surface area contributed by atoms with Crippen LogP contribution in [0.25, 0.3) is 11.1 Å².